The molecule has 0 radical (unpaired) electrons. The van der Waals surface area contributed by atoms with Gasteiger partial charge in [0.25, 0.3) is 0 Å². The third-order valence-electron chi connectivity index (χ3n) is 3.36. The predicted octanol–water partition coefficient (Wildman–Crippen LogP) is 2.07. The van der Waals surface area contributed by atoms with Crippen LogP contribution in [0.4, 0.5) is 4.79 Å². The van der Waals surface area contributed by atoms with Gasteiger partial charge in [-0.2, -0.15) is 0 Å². The van der Waals surface area contributed by atoms with E-state index in [1.165, 1.54) is 12.8 Å². The summed E-state index contributed by atoms with van der Waals surface area (Å²) in [6.45, 7) is 0.759. The Morgan fingerprint density at radius 3 is 2.25 bits per heavy atom. The summed E-state index contributed by atoms with van der Waals surface area (Å²) >= 11 is 0. The number of piperidine rings is 1. The highest BCUT2D eigenvalue weighted by molar-refractivity contribution is 5.66. The van der Waals surface area contributed by atoms with Gasteiger partial charge in [-0.25, -0.2) is 4.79 Å². The first-order valence-corrected chi connectivity index (χ1v) is 4.75. The first-order valence-electron chi connectivity index (χ1n) is 4.75. The van der Waals surface area contributed by atoms with Crippen LogP contribution < -0.4 is 0 Å². The SMILES string of the molecule is O=C(O)N1CCCCC12CCC2. The predicted molar refractivity (Wildman–Crippen MR) is 45.2 cm³/mol. The molecule has 1 saturated heterocycles. The van der Waals surface area contributed by atoms with Gasteiger partial charge in [-0.1, -0.05) is 0 Å². The number of nitrogens with zero attached hydrogens (tertiary/aromatic N) is 1. The van der Waals surface area contributed by atoms with Gasteiger partial charge < -0.3 is 10.0 Å². The van der Waals surface area contributed by atoms with Crippen molar-refractivity contribution in [1.29, 1.82) is 0 Å². The van der Waals surface area contributed by atoms with Crippen LogP contribution in [-0.4, -0.2) is 28.2 Å². The molecule has 1 spiro atoms. The van der Waals surface area contributed by atoms with E-state index in [-0.39, 0.29) is 5.54 Å². The Morgan fingerprint density at radius 1 is 1.17 bits per heavy atom. The number of carbonyl (C=O) groups is 1. The molecule has 12 heavy (non-hydrogen) atoms. The van der Waals surface area contributed by atoms with Crippen LogP contribution in [0.1, 0.15) is 38.5 Å². The molecule has 0 aromatic rings. The summed E-state index contributed by atoms with van der Waals surface area (Å²) < 4.78 is 0. The van der Waals surface area contributed by atoms with Gasteiger partial charge in [0.2, 0.25) is 0 Å². The van der Waals surface area contributed by atoms with Crippen molar-refractivity contribution in [2.75, 3.05) is 6.54 Å². The summed E-state index contributed by atoms with van der Waals surface area (Å²) in [6, 6.07) is 0. The Balaban J connectivity index is 2.11. The van der Waals surface area contributed by atoms with Crippen LogP contribution in [0.25, 0.3) is 0 Å². The van der Waals surface area contributed by atoms with Gasteiger partial charge in [-0.3, -0.25) is 0 Å². The zero-order chi connectivity index (χ0) is 8.60. The average molecular weight is 169 g/mol. The van der Waals surface area contributed by atoms with Gasteiger partial charge in [-0.15, -0.1) is 0 Å². The van der Waals surface area contributed by atoms with E-state index in [1.807, 2.05) is 0 Å². The molecule has 1 N–H and O–H groups in total. The third kappa shape index (κ3) is 0.993. The molecule has 1 aliphatic heterocycles. The molecule has 68 valence electrons. The second-order valence-corrected chi connectivity index (χ2v) is 3.97. The lowest BCUT2D eigenvalue weighted by molar-refractivity contribution is -0.00395. The second-order valence-electron chi connectivity index (χ2n) is 3.97. The number of hydrogen-bond acceptors (Lipinski definition) is 1. The van der Waals surface area contributed by atoms with Crippen molar-refractivity contribution in [2.24, 2.45) is 0 Å². The molecule has 0 aromatic carbocycles. The van der Waals surface area contributed by atoms with Gasteiger partial charge >= 0.3 is 6.09 Å². The van der Waals surface area contributed by atoms with Gasteiger partial charge in [0.05, 0.1) is 0 Å². The topological polar surface area (TPSA) is 40.5 Å². The minimum absolute atomic E-state index is 0.0735. The van der Waals surface area contributed by atoms with Crippen LogP contribution in [0.2, 0.25) is 0 Å². The van der Waals surface area contributed by atoms with E-state index in [4.69, 9.17) is 5.11 Å². The first-order chi connectivity index (χ1) is 5.75. The Hall–Kier alpha value is -0.730. The average Bonchev–Trinajstić information content (AvgIpc) is 2.01. The van der Waals surface area contributed by atoms with E-state index in [9.17, 15) is 4.79 Å². The first kappa shape index (κ1) is 7.90. The van der Waals surface area contributed by atoms with Crippen LogP contribution in [0.5, 0.6) is 0 Å². The molecule has 3 nitrogen and oxygen atoms in total. The molecule has 2 aliphatic rings. The largest absolute Gasteiger partial charge is 0.465 e. The Kier molecular flexibility index (Phi) is 1.74. The minimum Gasteiger partial charge on any atom is -0.465 e. The smallest absolute Gasteiger partial charge is 0.407 e. The van der Waals surface area contributed by atoms with Crippen molar-refractivity contribution in [2.45, 2.75) is 44.1 Å². The standard InChI is InChI=1S/C9H15NO2/c11-8(12)10-7-2-1-4-9(10)5-3-6-9/h1-7H2,(H,11,12). The summed E-state index contributed by atoms with van der Waals surface area (Å²) in [6.07, 6.45) is 6.05. The molecule has 2 fully saturated rings. The highest BCUT2D eigenvalue weighted by atomic mass is 16.4. The number of hydrogen-bond donors (Lipinski definition) is 1. The van der Waals surface area contributed by atoms with Crippen molar-refractivity contribution >= 4 is 6.09 Å². The van der Waals surface area contributed by atoms with Gasteiger partial charge in [-0.05, 0) is 38.5 Å². The molecule has 1 saturated carbocycles. The van der Waals surface area contributed by atoms with E-state index in [0.29, 0.717) is 0 Å². The van der Waals surface area contributed by atoms with Crippen LogP contribution in [-0.2, 0) is 0 Å². The van der Waals surface area contributed by atoms with E-state index in [0.717, 1.165) is 32.2 Å². The normalized spacial score (nSPS) is 26.8. The summed E-state index contributed by atoms with van der Waals surface area (Å²) in [4.78, 5) is 12.6. The quantitative estimate of drug-likeness (QED) is 0.603. The molecule has 0 bridgehead atoms. The lowest BCUT2D eigenvalue weighted by atomic mass is 9.70. The number of carboxylic acid groups (broad SMARTS) is 1. The van der Waals surface area contributed by atoms with Crippen molar-refractivity contribution in [1.82, 2.24) is 4.90 Å². The van der Waals surface area contributed by atoms with Crippen LogP contribution >= 0.6 is 0 Å². The fraction of sp³-hybridized carbons (Fsp3) is 0.889. The fourth-order valence-electron chi connectivity index (χ4n) is 2.50. The molecule has 2 rings (SSSR count). The maximum Gasteiger partial charge on any atom is 0.407 e. The summed E-state index contributed by atoms with van der Waals surface area (Å²) in [7, 11) is 0. The Morgan fingerprint density at radius 2 is 1.83 bits per heavy atom. The zero-order valence-corrected chi connectivity index (χ0v) is 7.25. The number of likely N-dealkylation sites (tertiary alicyclic amines) is 1. The lowest BCUT2D eigenvalue weighted by Gasteiger charge is -2.51. The minimum atomic E-state index is -0.714. The monoisotopic (exact) mass is 169 g/mol. The van der Waals surface area contributed by atoms with E-state index < -0.39 is 6.09 Å². The van der Waals surface area contributed by atoms with Crippen molar-refractivity contribution < 1.29 is 9.90 Å². The molecule has 1 heterocycles. The molecule has 1 aliphatic carbocycles. The van der Waals surface area contributed by atoms with E-state index >= 15 is 0 Å². The third-order valence-corrected chi connectivity index (χ3v) is 3.36. The molecular formula is C9H15NO2. The molecule has 3 heteroatoms. The fourth-order valence-corrected chi connectivity index (χ4v) is 2.50. The van der Waals surface area contributed by atoms with Crippen LogP contribution in [0, 0.1) is 0 Å². The van der Waals surface area contributed by atoms with E-state index in [1.54, 1.807) is 4.90 Å². The van der Waals surface area contributed by atoms with Crippen LogP contribution in [0.3, 0.4) is 0 Å². The molecule has 1 amide bonds. The Labute approximate surface area is 72.4 Å². The molecule has 0 atom stereocenters. The van der Waals surface area contributed by atoms with Crippen molar-refractivity contribution in [3.05, 3.63) is 0 Å². The van der Waals surface area contributed by atoms with E-state index in [2.05, 4.69) is 0 Å². The Bertz CT molecular complexity index is 199. The summed E-state index contributed by atoms with van der Waals surface area (Å²) in [5.74, 6) is 0. The summed E-state index contributed by atoms with van der Waals surface area (Å²) in [5.41, 5.74) is 0.0735. The highest BCUT2D eigenvalue weighted by Gasteiger charge is 2.45. The van der Waals surface area contributed by atoms with Gasteiger partial charge in [0.1, 0.15) is 0 Å². The number of rotatable bonds is 0. The van der Waals surface area contributed by atoms with Gasteiger partial charge in [0.15, 0.2) is 0 Å². The highest BCUT2D eigenvalue weighted by Crippen LogP contribution is 2.44. The maximum absolute atomic E-state index is 10.9. The molecular weight excluding hydrogens is 154 g/mol. The molecule has 0 aromatic heterocycles. The van der Waals surface area contributed by atoms with Crippen molar-refractivity contribution in [3.63, 3.8) is 0 Å². The molecule has 0 unspecified atom stereocenters. The van der Waals surface area contributed by atoms with Crippen molar-refractivity contribution in [3.8, 4) is 0 Å². The van der Waals surface area contributed by atoms with Crippen LogP contribution in [0.15, 0.2) is 0 Å². The van der Waals surface area contributed by atoms with Gasteiger partial charge in [0, 0.05) is 12.1 Å². The maximum atomic E-state index is 10.9. The zero-order valence-electron chi connectivity index (χ0n) is 7.25. The summed E-state index contributed by atoms with van der Waals surface area (Å²) in [5, 5.41) is 8.96. The number of amides is 1. The lowest BCUT2D eigenvalue weighted by Crippen LogP contribution is -2.58. The second kappa shape index (κ2) is 2.64.